The Morgan fingerprint density at radius 1 is 0.947 bits per heavy atom. The van der Waals surface area contributed by atoms with Gasteiger partial charge in [-0.1, -0.05) is 12.1 Å². The normalized spacial score (nSPS) is 15.4. The first-order valence-corrected chi connectivity index (χ1v) is 4.67. The third-order valence-electron chi connectivity index (χ3n) is 2.28. The van der Waals surface area contributed by atoms with E-state index in [1.807, 2.05) is 0 Å². The minimum absolute atomic E-state index is 0.241. The van der Waals surface area contributed by atoms with E-state index in [9.17, 15) is 35.1 Å². The lowest BCUT2D eigenvalue weighted by molar-refractivity contribution is -0.372. The van der Waals surface area contributed by atoms with Crippen LogP contribution in [0.2, 0.25) is 0 Å². The van der Waals surface area contributed by atoms with Gasteiger partial charge in [0.1, 0.15) is 11.9 Å². The fraction of sp³-hybridized carbons (Fsp3) is 0.400. The first-order chi connectivity index (χ1) is 8.41. The highest BCUT2D eigenvalue weighted by Gasteiger charge is 2.75. The first kappa shape index (κ1) is 15.7. The van der Waals surface area contributed by atoms with E-state index in [-0.39, 0.29) is 6.07 Å². The fourth-order valence-corrected chi connectivity index (χ4v) is 1.25. The van der Waals surface area contributed by atoms with E-state index in [0.29, 0.717) is 6.07 Å². The molecule has 108 valence electrons. The van der Waals surface area contributed by atoms with Gasteiger partial charge in [-0.05, 0) is 17.7 Å². The van der Waals surface area contributed by atoms with Crippen molar-refractivity contribution >= 4 is 0 Å². The molecule has 1 atom stereocenters. The molecule has 1 N–H and O–H groups in total. The third-order valence-corrected chi connectivity index (χ3v) is 2.28. The standard InChI is InChI=1S/C10H6F8O/c11-6-3-1-2-5(4-6)7(19)8(12,13)9(14,15)10(16,17)18/h1-4,7,19H. The predicted octanol–water partition coefficient (Wildman–Crippen LogP) is 3.69. The first-order valence-electron chi connectivity index (χ1n) is 4.67. The lowest BCUT2D eigenvalue weighted by Gasteiger charge is -2.31. The van der Waals surface area contributed by atoms with Crippen LogP contribution < -0.4 is 0 Å². The third kappa shape index (κ3) is 2.65. The Balaban J connectivity index is 3.20. The Kier molecular flexibility index (Phi) is 3.81. The zero-order valence-electron chi connectivity index (χ0n) is 8.86. The van der Waals surface area contributed by atoms with Gasteiger partial charge in [-0.3, -0.25) is 0 Å². The molecule has 0 aliphatic rings. The molecule has 1 unspecified atom stereocenters. The molecule has 0 fully saturated rings. The van der Waals surface area contributed by atoms with E-state index >= 15 is 0 Å². The number of rotatable bonds is 3. The number of hydrogen-bond donors (Lipinski definition) is 1. The van der Waals surface area contributed by atoms with Gasteiger partial charge in [0.25, 0.3) is 0 Å². The highest BCUT2D eigenvalue weighted by Crippen LogP contribution is 2.51. The van der Waals surface area contributed by atoms with Gasteiger partial charge in [0.2, 0.25) is 0 Å². The largest absolute Gasteiger partial charge is 0.459 e. The summed E-state index contributed by atoms with van der Waals surface area (Å²) in [5, 5.41) is 8.98. The van der Waals surface area contributed by atoms with Crippen LogP contribution in [-0.2, 0) is 0 Å². The van der Waals surface area contributed by atoms with Crippen LogP contribution in [0.25, 0.3) is 0 Å². The van der Waals surface area contributed by atoms with Crippen molar-refractivity contribution in [2.24, 2.45) is 0 Å². The lowest BCUT2D eigenvalue weighted by atomic mass is 9.98. The molecular formula is C10H6F8O. The van der Waals surface area contributed by atoms with E-state index in [4.69, 9.17) is 5.11 Å². The van der Waals surface area contributed by atoms with Crippen LogP contribution in [0.5, 0.6) is 0 Å². The van der Waals surface area contributed by atoms with E-state index in [2.05, 4.69) is 0 Å². The molecule has 0 heterocycles. The van der Waals surface area contributed by atoms with Crippen molar-refractivity contribution < 1.29 is 40.2 Å². The highest BCUT2D eigenvalue weighted by molar-refractivity contribution is 5.22. The summed E-state index contributed by atoms with van der Waals surface area (Å²) in [6.45, 7) is 0. The second kappa shape index (κ2) is 4.62. The molecule has 1 aromatic rings. The van der Waals surface area contributed by atoms with Gasteiger partial charge in [-0.2, -0.15) is 30.7 Å². The molecule has 0 saturated heterocycles. The molecular weight excluding hydrogens is 288 g/mol. The Morgan fingerprint density at radius 2 is 1.47 bits per heavy atom. The smallest absolute Gasteiger partial charge is 0.382 e. The summed E-state index contributed by atoms with van der Waals surface area (Å²) in [6, 6.07) is 2.38. The minimum atomic E-state index is -6.55. The number of halogens is 8. The van der Waals surface area contributed by atoms with Gasteiger partial charge in [-0.15, -0.1) is 0 Å². The number of aliphatic hydroxyl groups excluding tert-OH is 1. The second-order valence-electron chi connectivity index (χ2n) is 3.65. The summed E-state index contributed by atoms with van der Waals surface area (Å²) in [4.78, 5) is 0. The maximum absolute atomic E-state index is 13.1. The number of hydrogen-bond acceptors (Lipinski definition) is 1. The highest BCUT2D eigenvalue weighted by atomic mass is 19.4. The summed E-state index contributed by atoms with van der Waals surface area (Å²) < 4.78 is 99.7. The van der Waals surface area contributed by atoms with Crippen molar-refractivity contribution in [3.05, 3.63) is 35.6 Å². The average molecular weight is 294 g/mol. The maximum Gasteiger partial charge on any atom is 0.459 e. The van der Waals surface area contributed by atoms with Crippen LogP contribution in [0.4, 0.5) is 35.1 Å². The van der Waals surface area contributed by atoms with Crippen LogP contribution in [0, 0.1) is 5.82 Å². The van der Waals surface area contributed by atoms with Crippen molar-refractivity contribution in [3.63, 3.8) is 0 Å². The fourth-order valence-electron chi connectivity index (χ4n) is 1.25. The topological polar surface area (TPSA) is 20.2 Å². The molecule has 0 aliphatic carbocycles. The van der Waals surface area contributed by atoms with Gasteiger partial charge in [-0.25, -0.2) is 4.39 Å². The van der Waals surface area contributed by atoms with Gasteiger partial charge in [0.15, 0.2) is 0 Å². The van der Waals surface area contributed by atoms with Crippen molar-refractivity contribution in [2.45, 2.75) is 24.1 Å². The van der Waals surface area contributed by atoms with Gasteiger partial charge >= 0.3 is 18.0 Å². The molecule has 0 bridgehead atoms. The van der Waals surface area contributed by atoms with Gasteiger partial charge in [0, 0.05) is 0 Å². The molecule has 0 aliphatic heterocycles. The quantitative estimate of drug-likeness (QED) is 0.843. The summed E-state index contributed by atoms with van der Waals surface area (Å²) in [5.74, 6) is -13.5. The lowest BCUT2D eigenvalue weighted by Crippen LogP contribution is -2.54. The molecule has 0 saturated carbocycles. The zero-order valence-corrected chi connectivity index (χ0v) is 8.86. The summed E-state index contributed by atoms with van der Waals surface area (Å²) in [7, 11) is 0. The van der Waals surface area contributed by atoms with Gasteiger partial charge < -0.3 is 5.11 Å². The molecule has 0 radical (unpaired) electrons. The summed E-state index contributed by atoms with van der Waals surface area (Å²) in [5.41, 5.74) is -1.09. The molecule has 19 heavy (non-hydrogen) atoms. The Hall–Kier alpha value is -1.38. The molecule has 1 nitrogen and oxygen atoms in total. The Labute approximate surface area is 101 Å². The van der Waals surface area contributed by atoms with Crippen molar-refractivity contribution in [2.75, 3.05) is 0 Å². The average Bonchev–Trinajstić information content (AvgIpc) is 2.26. The molecule has 1 aromatic carbocycles. The second-order valence-corrected chi connectivity index (χ2v) is 3.65. The molecule has 0 amide bonds. The Morgan fingerprint density at radius 3 is 1.89 bits per heavy atom. The van der Waals surface area contributed by atoms with Crippen LogP contribution in [0.3, 0.4) is 0 Å². The number of aliphatic hydroxyl groups is 1. The van der Waals surface area contributed by atoms with Crippen LogP contribution in [0.15, 0.2) is 24.3 Å². The zero-order chi connectivity index (χ0) is 15.1. The van der Waals surface area contributed by atoms with Crippen molar-refractivity contribution in [1.82, 2.24) is 0 Å². The molecule has 9 heteroatoms. The molecule has 0 aromatic heterocycles. The Bertz CT molecular complexity index is 453. The SMILES string of the molecule is OC(c1cccc(F)c1)C(F)(F)C(F)(F)C(F)(F)F. The number of benzene rings is 1. The van der Waals surface area contributed by atoms with E-state index in [0.717, 1.165) is 12.1 Å². The summed E-state index contributed by atoms with van der Waals surface area (Å²) >= 11 is 0. The van der Waals surface area contributed by atoms with Crippen molar-refractivity contribution in [3.8, 4) is 0 Å². The van der Waals surface area contributed by atoms with Crippen LogP contribution in [0.1, 0.15) is 11.7 Å². The molecule has 1 rings (SSSR count). The van der Waals surface area contributed by atoms with E-state index in [1.165, 1.54) is 0 Å². The van der Waals surface area contributed by atoms with Gasteiger partial charge in [0.05, 0.1) is 0 Å². The predicted molar refractivity (Wildman–Crippen MR) is 47.3 cm³/mol. The van der Waals surface area contributed by atoms with E-state index < -0.39 is 35.5 Å². The van der Waals surface area contributed by atoms with Crippen LogP contribution in [-0.4, -0.2) is 23.1 Å². The van der Waals surface area contributed by atoms with Crippen LogP contribution >= 0.6 is 0 Å². The number of alkyl halides is 7. The van der Waals surface area contributed by atoms with E-state index in [1.54, 1.807) is 0 Å². The maximum atomic E-state index is 13.1. The van der Waals surface area contributed by atoms with Crippen molar-refractivity contribution in [1.29, 1.82) is 0 Å². The summed E-state index contributed by atoms with van der Waals surface area (Å²) in [6.07, 6.45) is -10.1. The minimum Gasteiger partial charge on any atom is -0.382 e. The molecule has 0 spiro atoms. The monoisotopic (exact) mass is 294 g/mol.